The fourth-order valence-corrected chi connectivity index (χ4v) is 3.25. The second kappa shape index (κ2) is 5.79. The summed E-state index contributed by atoms with van der Waals surface area (Å²) < 4.78 is 1.76. The Hall–Kier alpha value is -2.18. The highest BCUT2D eigenvalue weighted by atomic mass is 16.1. The largest absolute Gasteiger partial charge is 0.356 e. The molecule has 122 valence electrons. The molecule has 0 unspecified atom stereocenters. The van der Waals surface area contributed by atoms with E-state index in [0.717, 1.165) is 49.9 Å². The Balaban J connectivity index is 1.51. The predicted octanol–water partition coefficient (Wildman–Crippen LogP) is 1.18. The molecule has 2 aromatic rings. The topological polar surface area (TPSA) is 75.4 Å². The SMILES string of the molecule is Cc1cc(N2CCC[C@H](C(=O)NCC3CC3)C2)n2ncnc2n1. The first-order valence-corrected chi connectivity index (χ1v) is 8.41. The van der Waals surface area contributed by atoms with Crippen molar-refractivity contribution in [2.24, 2.45) is 11.8 Å². The van der Waals surface area contributed by atoms with E-state index >= 15 is 0 Å². The van der Waals surface area contributed by atoms with Crippen molar-refractivity contribution in [3.05, 3.63) is 18.1 Å². The Labute approximate surface area is 135 Å². The molecule has 1 amide bonds. The van der Waals surface area contributed by atoms with Crippen molar-refractivity contribution >= 4 is 17.5 Å². The van der Waals surface area contributed by atoms with Crippen LogP contribution >= 0.6 is 0 Å². The van der Waals surface area contributed by atoms with E-state index in [1.807, 2.05) is 13.0 Å². The molecule has 1 atom stereocenters. The monoisotopic (exact) mass is 314 g/mol. The van der Waals surface area contributed by atoms with Crippen LogP contribution in [-0.2, 0) is 4.79 Å². The third-order valence-corrected chi connectivity index (χ3v) is 4.74. The molecule has 1 saturated heterocycles. The Kier molecular flexibility index (Phi) is 3.63. The van der Waals surface area contributed by atoms with Crippen LogP contribution in [0.4, 0.5) is 5.82 Å². The van der Waals surface area contributed by atoms with Crippen LogP contribution in [0.15, 0.2) is 12.4 Å². The van der Waals surface area contributed by atoms with Crippen LogP contribution in [0.5, 0.6) is 0 Å². The van der Waals surface area contributed by atoms with E-state index in [4.69, 9.17) is 0 Å². The molecular weight excluding hydrogens is 292 g/mol. The number of hydrogen-bond donors (Lipinski definition) is 1. The molecule has 1 aliphatic carbocycles. The van der Waals surface area contributed by atoms with Crippen LogP contribution in [0, 0.1) is 18.8 Å². The molecule has 1 saturated carbocycles. The van der Waals surface area contributed by atoms with Crippen molar-refractivity contribution in [1.29, 1.82) is 0 Å². The maximum atomic E-state index is 12.4. The number of carbonyl (C=O) groups is 1. The standard InChI is InChI=1S/C16H22N6O/c1-11-7-14(22-16(20-11)18-10-19-22)21-6-2-3-13(9-21)15(23)17-8-12-4-5-12/h7,10,12-13H,2-6,8-9H2,1H3,(H,17,23)/t13-/m0/s1. The van der Waals surface area contributed by atoms with Gasteiger partial charge in [0.05, 0.1) is 5.92 Å². The number of fused-ring (bicyclic) bond motifs is 1. The maximum absolute atomic E-state index is 12.4. The summed E-state index contributed by atoms with van der Waals surface area (Å²) in [6, 6.07) is 2.02. The molecule has 2 fully saturated rings. The minimum atomic E-state index is 0.0505. The van der Waals surface area contributed by atoms with Gasteiger partial charge in [-0.05, 0) is 38.5 Å². The average Bonchev–Trinajstić information content (AvgIpc) is 3.28. The maximum Gasteiger partial charge on any atom is 0.254 e. The molecule has 0 radical (unpaired) electrons. The van der Waals surface area contributed by atoms with Crippen LogP contribution in [0.2, 0.25) is 0 Å². The van der Waals surface area contributed by atoms with Crippen LogP contribution in [0.3, 0.4) is 0 Å². The fraction of sp³-hybridized carbons (Fsp3) is 0.625. The lowest BCUT2D eigenvalue weighted by molar-refractivity contribution is -0.125. The fourth-order valence-electron chi connectivity index (χ4n) is 3.25. The second-order valence-corrected chi connectivity index (χ2v) is 6.70. The molecule has 1 N–H and O–H groups in total. The van der Waals surface area contributed by atoms with Gasteiger partial charge in [0.25, 0.3) is 5.78 Å². The molecule has 0 aromatic carbocycles. The van der Waals surface area contributed by atoms with Gasteiger partial charge in [0, 0.05) is 31.4 Å². The Morgan fingerprint density at radius 1 is 1.39 bits per heavy atom. The number of anilines is 1. The second-order valence-electron chi connectivity index (χ2n) is 6.70. The highest BCUT2D eigenvalue weighted by molar-refractivity contribution is 5.79. The molecule has 2 aliphatic rings. The van der Waals surface area contributed by atoms with Crippen molar-refractivity contribution < 1.29 is 4.79 Å². The van der Waals surface area contributed by atoms with Crippen molar-refractivity contribution in [3.63, 3.8) is 0 Å². The number of piperidine rings is 1. The van der Waals surface area contributed by atoms with Gasteiger partial charge < -0.3 is 10.2 Å². The van der Waals surface area contributed by atoms with E-state index in [1.54, 1.807) is 4.52 Å². The molecule has 1 aliphatic heterocycles. The number of nitrogens with one attached hydrogen (secondary N) is 1. The van der Waals surface area contributed by atoms with Gasteiger partial charge >= 0.3 is 0 Å². The van der Waals surface area contributed by atoms with E-state index in [-0.39, 0.29) is 11.8 Å². The number of carbonyl (C=O) groups excluding carboxylic acids is 1. The van der Waals surface area contributed by atoms with Crippen molar-refractivity contribution in [1.82, 2.24) is 24.9 Å². The normalized spacial score (nSPS) is 21.6. The number of amides is 1. The number of rotatable bonds is 4. The van der Waals surface area contributed by atoms with E-state index in [9.17, 15) is 4.79 Å². The van der Waals surface area contributed by atoms with Gasteiger partial charge in [-0.3, -0.25) is 4.79 Å². The molecule has 3 heterocycles. The van der Waals surface area contributed by atoms with E-state index < -0.39 is 0 Å². The van der Waals surface area contributed by atoms with Gasteiger partial charge in [-0.2, -0.15) is 14.6 Å². The van der Waals surface area contributed by atoms with Crippen molar-refractivity contribution in [2.45, 2.75) is 32.6 Å². The number of nitrogens with zero attached hydrogens (tertiary/aromatic N) is 5. The smallest absolute Gasteiger partial charge is 0.254 e. The Morgan fingerprint density at radius 3 is 3.09 bits per heavy atom. The molecule has 23 heavy (non-hydrogen) atoms. The molecular formula is C16H22N6O. The van der Waals surface area contributed by atoms with Gasteiger partial charge in [0.15, 0.2) is 0 Å². The first-order valence-electron chi connectivity index (χ1n) is 8.41. The summed E-state index contributed by atoms with van der Waals surface area (Å²) in [6.07, 6.45) is 6.01. The zero-order valence-electron chi connectivity index (χ0n) is 13.4. The first kappa shape index (κ1) is 14.4. The molecule has 7 heteroatoms. The molecule has 0 bridgehead atoms. The van der Waals surface area contributed by atoms with E-state index in [2.05, 4.69) is 25.3 Å². The summed E-state index contributed by atoms with van der Waals surface area (Å²) in [7, 11) is 0. The molecule has 4 rings (SSSR count). The summed E-state index contributed by atoms with van der Waals surface area (Å²) in [5.41, 5.74) is 0.917. The van der Waals surface area contributed by atoms with Crippen LogP contribution in [0.1, 0.15) is 31.4 Å². The number of hydrogen-bond acceptors (Lipinski definition) is 5. The Bertz CT molecular complexity index is 722. The summed E-state index contributed by atoms with van der Waals surface area (Å²) in [4.78, 5) is 23.2. The van der Waals surface area contributed by atoms with Gasteiger partial charge in [-0.1, -0.05) is 0 Å². The lowest BCUT2D eigenvalue weighted by atomic mass is 9.97. The third-order valence-electron chi connectivity index (χ3n) is 4.74. The number of aromatic nitrogens is 4. The van der Waals surface area contributed by atoms with E-state index in [0.29, 0.717) is 5.78 Å². The summed E-state index contributed by atoms with van der Waals surface area (Å²) in [5.74, 6) is 2.55. The van der Waals surface area contributed by atoms with Crippen LogP contribution in [0.25, 0.3) is 5.78 Å². The summed E-state index contributed by atoms with van der Waals surface area (Å²) in [6.45, 7) is 4.47. The van der Waals surface area contributed by atoms with Crippen LogP contribution in [-0.4, -0.2) is 45.1 Å². The lowest BCUT2D eigenvalue weighted by Gasteiger charge is -2.33. The van der Waals surface area contributed by atoms with Gasteiger partial charge in [-0.15, -0.1) is 0 Å². The number of aryl methyl sites for hydroxylation is 1. The van der Waals surface area contributed by atoms with Crippen molar-refractivity contribution in [2.75, 3.05) is 24.5 Å². The highest BCUT2D eigenvalue weighted by Crippen LogP contribution is 2.28. The predicted molar refractivity (Wildman–Crippen MR) is 86.2 cm³/mol. The first-order chi connectivity index (χ1) is 11.2. The molecule has 0 spiro atoms. The highest BCUT2D eigenvalue weighted by Gasteiger charge is 2.29. The van der Waals surface area contributed by atoms with Gasteiger partial charge in [-0.25, -0.2) is 4.98 Å². The van der Waals surface area contributed by atoms with Crippen LogP contribution < -0.4 is 10.2 Å². The van der Waals surface area contributed by atoms with Gasteiger partial charge in [0.1, 0.15) is 12.1 Å². The van der Waals surface area contributed by atoms with Crippen molar-refractivity contribution in [3.8, 4) is 0 Å². The lowest BCUT2D eigenvalue weighted by Crippen LogP contribution is -2.44. The quantitative estimate of drug-likeness (QED) is 0.917. The average molecular weight is 314 g/mol. The molecule has 2 aromatic heterocycles. The molecule has 7 nitrogen and oxygen atoms in total. The minimum Gasteiger partial charge on any atom is -0.356 e. The Morgan fingerprint density at radius 2 is 2.26 bits per heavy atom. The van der Waals surface area contributed by atoms with Gasteiger partial charge in [0.2, 0.25) is 5.91 Å². The summed E-state index contributed by atoms with van der Waals surface area (Å²) in [5, 5.41) is 7.39. The zero-order valence-corrected chi connectivity index (χ0v) is 13.4. The van der Waals surface area contributed by atoms with E-state index in [1.165, 1.54) is 19.2 Å². The minimum absolute atomic E-state index is 0.0505. The third kappa shape index (κ3) is 3.00. The zero-order chi connectivity index (χ0) is 15.8. The summed E-state index contributed by atoms with van der Waals surface area (Å²) >= 11 is 0.